The number of carbonyl (C=O) groups excluding carboxylic acids is 1. The largest absolute Gasteiger partial charge is 0.322 e. The van der Waals surface area contributed by atoms with E-state index in [2.05, 4.69) is 21.2 Å². The van der Waals surface area contributed by atoms with Crippen LogP contribution in [-0.4, -0.2) is 5.91 Å². The molecule has 0 spiro atoms. The van der Waals surface area contributed by atoms with Crippen molar-refractivity contribution in [2.75, 3.05) is 5.32 Å². The van der Waals surface area contributed by atoms with E-state index in [4.69, 9.17) is 5.73 Å². The Morgan fingerprint density at radius 3 is 2.53 bits per heavy atom. The van der Waals surface area contributed by atoms with Gasteiger partial charge in [0.2, 0.25) is 5.91 Å². The molecule has 98 valence electrons. The maximum absolute atomic E-state index is 13.6. The Kier molecular flexibility index (Phi) is 4.29. The van der Waals surface area contributed by atoms with E-state index in [1.54, 1.807) is 30.3 Å². The van der Waals surface area contributed by atoms with E-state index in [1.807, 2.05) is 6.07 Å². The van der Waals surface area contributed by atoms with E-state index in [-0.39, 0.29) is 5.69 Å². The summed E-state index contributed by atoms with van der Waals surface area (Å²) in [5.41, 5.74) is 6.61. The first-order valence-corrected chi connectivity index (χ1v) is 6.43. The van der Waals surface area contributed by atoms with Crippen LogP contribution in [0.1, 0.15) is 11.6 Å². The fraction of sp³-hybridized carbons (Fsp3) is 0.0714. The van der Waals surface area contributed by atoms with Crippen molar-refractivity contribution in [1.29, 1.82) is 0 Å². The molecule has 0 bridgehead atoms. The Morgan fingerprint density at radius 1 is 1.21 bits per heavy atom. The highest BCUT2D eigenvalue weighted by Gasteiger charge is 2.16. The fourth-order valence-electron chi connectivity index (χ4n) is 1.61. The van der Waals surface area contributed by atoms with Gasteiger partial charge in [-0.15, -0.1) is 0 Å². The van der Waals surface area contributed by atoms with Crippen molar-refractivity contribution in [2.24, 2.45) is 5.73 Å². The van der Waals surface area contributed by atoms with Crippen LogP contribution in [0.4, 0.5) is 10.1 Å². The molecule has 0 aliphatic rings. The van der Waals surface area contributed by atoms with Crippen molar-refractivity contribution >= 4 is 27.5 Å². The van der Waals surface area contributed by atoms with Crippen LogP contribution in [0.3, 0.4) is 0 Å². The molecule has 3 N–H and O–H groups in total. The van der Waals surface area contributed by atoms with Crippen LogP contribution < -0.4 is 11.1 Å². The Morgan fingerprint density at radius 2 is 1.89 bits per heavy atom. The molecule has 0 radical (unpaired) electrons. The quantitative estimate of drug-likeness (QED) is 0.911. The Bertz CT molecular complexity index is 589. The maximum Gasteiger partial charge on any atom is 0.245 e. The monoisotopic (exact) mass is 322 g/mol. The summed E-state index contributed by atoms with van der Waals surface area (Å²) in [4.78, 5) is 11.9. The van der Waals surface area contributed by atoms with Crippen LogP contribution in [0, 0.1) is 5.82 Å². The molecular weight excluding hydrogens is 311 g/mol. The van der Waals surface area contributed by atoms with E-state index in [1.165, 1.54) is 12.1 Å². The van der Waals surface area contributed by atoms with Crippen LogP contribution in [0.15, 0.2) is 53.0 Å². The van der Waals surface area contributed by atoms with Gasteiger partial charge >= 0.3 is 0 Å². The summed E-state index contributed by atoms with van der Waals surface area (Å²) >= 11 is 3.15. The van der Waals surface area contributed by atoms with E-state index in [9.17, 15) is 9.18 Å². The van der Waals surface area contributed by atoms with Crippen molar-refractivity contribution in [1.82, 2.24) is 0 Å². The van der Waals surface area contributed by atoms with Gasteiger partial charge in [0.1, 0.15) is 11.9 Å². The van der Waals surface area contributed by atoms with E-state index in [0.717, 1.165) is 0 Å². The van der Waals surface area contributed by atoms with Crippen LogP contribution in [0.5, 0.6) is 0 Å². The zero-order chi connectivity index (χ0) is 13.8. The third-order valence-corrected chi connectivity index (χ3v) is 3.12. The predicted octanol–water partition coefficient (Wildman–Crippen LogP) is 3.23. The third kappa shape index (κ3) is 3.39. The van der Waals surface area contributed by atoms with Gasteiger partial charge in [-0.05, 0) is 23.8 Å². The first-order chi connectivity index (χ1) is 9.08. The molecule has 0 aromatic heterocycles. The summed E-state index contributed by atoms with van der Waals surface area (Å²) in [6, 6.07) is 12.5. The van der Waals surface area contributed by atoms with Crippen LogP contribution in [0.2, 0.25) is 0 Å². The molecule has 19 heavy (non-hydrogen) atoms. The number of nitrogens with one attached hydrogen (secondary N) is 1. The summed E-state index contributed by atoms with van der Waals surface area (Å²) < 4.78 is 14.2. The van der Waals surface area contributed by atoms with Gasteiger partial charge < -0.3 is 11.1 Å². The summed E-state index contributed by atoms with van der Waals surface area (Å²) in [5, 5.41) is 2.48. The lowest BCUT2D eigenvalue weighted by Crippen LogP contribution is -2.28. The van der Waals surface area contributed by atoms with Gasteiger partial charge in [-0.1, -0.05) is 46.3 Å². The molecule has 3 nitrogen and oxygen atoms in total. The second kappa shape index (κ2) is 5.95. The number of halogens is 2. The summed E-state index contributed by atoms with van der Waals surface area (Å²) in [5.74, 6) is -0.963. The van der Waals surface area contributed by atoms with Crippen LogP contribution >= 0.6 is 15.9 Å². The normalized spacial score (nSPS) is 11.9. The molecule has 0 aliphatic carbocycles. The van der Waals surface area contributed by atoms with Crippen LogP contribution in [-0.2, 0) is 4.79 Å². The number of benzene rings is 2. The second-order valence-electron chi connectivity index (χ2n) is 4.00. The number of hydrogen-bond acceptors (Lipinski definition) is 2. The molecule has 0 heterocycles. The average molecular weight is 323 g/mol. The number of anilines is 1. The number of nitrogens with two attached hydrogens (primary N) is 1. The lowest BCUT2D eigenvalue weighted by Gasteiger charge is -2.13. The highest BCUT2D eigenvalue weighted by molar-refractivity contribution is 9.10. The van der Waals surface area contributed by atoms with Crippen LogP contribution in [0.25, 0.3) is 0 Å². The number of hydrogen-bond donors (Lipinski definition) is 2. The van der Waals surface area contributed by atoms with E-state index in [0.29, 0.717) is 10.0 Å². The van der Waals surface area contributed by atoms with Crippen molar-refractivity contribution < 1.29 is 9.18 Å². The average Bonchev–Trinajstić information content (AvgIpc) is 2.42. The molecule has 2 aromatic carbocycles. The zero-order valence-electron chi connectivity index (χ0n) is 9.94. The molecule has 2 rings (SSSR count). The number of rotatable bonds is 3. The van der Waals surface area contributed by atoms with Gasteiger partial charge in [-0.2, -0.15) is 0 Å². The van der Waals surface area contributed by atoms with Crippen molar-refractivity contribution in [3.63, 3.8) is 0 Å². The van der Waals surface area contributed by atoms with Gasteiger partial charge in [0.25, 0.3) is 0 Å². The highest BCUT2D eigenvalue weighted by atomic mass is 79.9. The van der Waals surface area contributed by atoms with Gasteiger partial charge in [0.15, 0.2) is 0 Å². The van der Waals surface area contributed by atoms with E-state index >= 15 is 0 Å². The van der Waals surface area contributed by atoms with Gasteiger partial charge in [-0.3, -0.25) is 4.79 Å². The summed E-state index contributed by atoms with van der Waals surface area (Å²) in [6.07, 6.45) is 0. The first kappa shape index (κ1) is 13.7. The van der Waals surface area contributed by atoms with Gasteiger partial charge in [0.05, 0.1) is 5.69 Å². The highest BCUT2D eigenvalue weighted by Crippen LogP contribution is 2.20. The lowest BCUT2D eigenvalue weighted by atomic mass is 10.1. The SMILES string of the molecule is N[C@@H](C(=O)Nc1ccc(Br)cc1F)c1ccccc1. The fourth-order valence-corrected chi connectivity index (χ4v) is 1.95. The topological polar surface area (TPSA) is 55.1 Å². The Hall–Kier alpha value is -1.72. The van der Waals surface area contributed by atoms with Crippen molar-refractivity contribution in [3.05, 3.63) is 64.4 Å². The molecule has 5 heteroatoms. The Labute approximate surface area is 118 Å². The van der Waals surface area contributed by atoms with Gasteiger partial charge in [-0.25, -0.2) is 4.39 Å². The molecule has 1 atom stereocenters. The number of carbonyl (C=O) groups is 1. The van der Waals surface area contributed by atoms with Gasteiger partial charge in [0, 0.05) is 4.47 Å². The maximum atomic E-state index is 13.6. The minimum atomic E-state index is -0.829. The molecular formula is C14H12BrFN2O. The number of amides is 1. The summed E-state index contributed by atoms with van der Waals surface area (Å²) in [6.45, 7) is 0. The minimum absolute atomic E-state index is 0.111. The third-order valence-electron chi connectivity index (χ3n) is 2.63. The second-order valence-corrected chi connectivity index (χ2v) is 4.92. The zero-order valence-corrected chi connectivity index (χ0v) is 11.5. The standard InChI is InChI=1S/C14H12BrFN2O/c15-10-6-7-12(11(16)8-10)18-14(19)13(17)9-4-2-1-3-5-9/h1-8,13H,17H2,(H,18,19)/t13-/m1/s1. The Balaban J connectivity index is 2.13. The molecule has 0 saturated heterocycles. The molecule has 0 fully saturated rings. The smallest absolute Gasteiger partial charge is 0.245 e. The molecule has 2 aromatic rings. The van der Waals surface area contributed by atoms with E-state index < -0.39 is 17.8 Å². The predicted molar refractivity (Wildman–Crippen MR) is 76.1 cm³/mol. The molecule has 0 saturated carbocycles. The molecule has 0 aliphatic heterocycles. The van der Waals surface area contributed by atoms with Crippen molar-refractivity contribution in [2.45, 2.75) is 6.04 Å². The first-order valence-electron chi connectivity index (χ1n) is 5.64. The van der Waals surface area contributed by atoms with Crippen molar-refractivity contribution in [3.8, 4) is 0 Å². The minimum Gasteiger partial charge on any atom is -0.322 e. The molecule has 0 unspecified atom stereocenters. The lowest BCUT2D eigenvalue weighted by molar-refractivity contribution is -0.117. The summed E-state index contributed by atoms with van der Waals surface area (Å²) in [7, 11) is 0. The molecule has 1 amide bonds.